The number of nitrogens with two attached hydrogens (primary N) is 1. The second-order valence-corrected chi connectivity index (χ2v) is 3.76. The minimum atomic E-state index is 0.529. The fourth-order valence-corrected chi connectivity index (χ4v) is 1.93. The van der Waals surface area contributed by atoms with E-state index in [-0.39, 0.29) is 0 Å². The second kappa shape index (κ2) is 4.42. The van der Waals surface area contributed by atoms with E-state index in [0.717, 1.165) is 5.69 Å². The number of hydrogen-bond donors (Lipinski definition) is 1. The van der Waals surface area contributed by atoms with Crippen LogP contribution in [0.2, 0.25) is 0 Å². The van der Waals surface area contributed by atoms with E-state index in [9.17, 15) is 0 Å². The van der Waals surface area contributed by atoms with Crippen molar-refractivity contribution in [3.63, 3.8) is 0 Å². The van der Waals surface area contributed by atoms with Gasteiger partial charge in [0.1, 0.15) is 0 Å². The summed E-state index contributed by atoms with van der Waals surface area (Å²) in [5.41, 5.74) is 7.82. The monoisotopic (exact) mass is 191 g/mol. The average molecular weight is 191 g/mol. The summed E-state index contributed by atoms with van der Waals surface area (Å²) >= 11 is 0. The molecule has 2 heterocycles. The fraction of sp³-hybridized carbons (Fsp3) is 0.545. The lowest BCUT2D eigenvalue weighted by atomic mass is 10.1. The number of nitrogens with zero attached hydrogens (tertiary/aromatic N) is 2. The van der Waals surface area contributed by atoms with Crippen LogP contribution in [0, 0.1) is 0 Å². The maximum absolute atomic E-state index is 5.57. The summed E-state index contributed by atoms with van der Waals surface area (Å²) in [6, 6.07) is 4.18. The molecular formula is C11H17N3. The summed E-state index contributed by atoms with van der Waals surface area (Å²) in [5.74, 6) is 0. The first-order valence-electron chi connectivity index (χ1n) is 5.30. The van der Waals surface area contributed by atoms with Crippen LogP contribution in [0.1, 0.15) is 25.0 Å². The van der Waals surface area contributed by atoms with E-state index in [1.807, 2.05) is 6.20 Å². The van der Waals surface area contributed by atoms with Gasteiger partial charge in [-0.15, -0.1) is 0 Å². The van der Waals surface area contributed by atoms with Gasteiger partial charge < -0.3 is 10.6 Å². The Kier molecular flexibility index (Phi) is 2.99. The molecule has 0 saturated carbocycles. The van der Waals surface area contributed by atoms with Crippen LogP contribution in [0.5, 0.6) is 0 Å². The van der Waals surface area contributed by atoms with Crippen LogP contribution in [0.4, 0.5) is 5.69 Å². The Hall–Kier alpha value is -1.09. The smallest absolute Gasteiger partial charge is 0.0560 e. The van der Waals surface area contributed by atoms with Crippen LogP contribution in [-0.2, 0) is 6.54 Å². The van der Waals surface area contributed by atoms with Gasteiger partial charge in [-0.25, -0.2) is 0 Å². The average Bonchev–Trinajstić information content (AvgIpc) is 2.30. The quantitative estimate of drug-likeness (QED) is 0.771. The molecule has 1 aliphatic rings. The molecule has 1 fully saturated rings. The van der Waals surface area contributed by atoms with E-state index in [2.05, 4.69) is 22.0 Å². The van der Waals surface area contributed by atoms with Gasteiger partial charge in [0.15, 0.2) is 0 Å². The zero-order valence-corrected chi connectivity index (χ0v) is 8.45. The Morgan fingerprint density at radius 3 is 2.79 bits per heavy atom. The van der Waals surface area contributed by atoms with Crippen molar-refractivity contribution >= 4 is 5.69 Å². The summed E-state index contributed by atoms with van der Waals surface area (Å²) in [4.78, 5) is 6.62. The van der Waals surface area contributed by atoms with Gasteiger partial charge in [0.05, 0.1) is 5.69 Å². The van der Waals surface area contributed by atoms with Gasteiger partial charge in [-0.2, -0.15) is 0 Å². The van der Waals surface area contributed by atoms with Crippen LogP contribution in [-0.4, -0.2) is 18.1 Å². The van der Waals surface area contributed by atoms with Crippen molar-refractivity contribution < 1.29 is 0 Å². The summed E-state index contributed by atoms with van der Waals surface area (Å²) < 4.78 is 0. The Labute approximate surface area is 84.9 Å². The largest absolute Gasteiger partial charge is 0.371 e. The zero-order chi connectivity index (χ0) is 9.80. The van der Waals surface area contributed by atoms with Crippen molar-refractivity contribution in [1.82, 2.24) is 4.98 Å². The van der Waals surface area contributed by atoms with Crippen LogP contribution < -0.4 is 10.6 Å². The molecule has 2 N–H and O–H groups in total. The molecule has 0 amide bonds. The number of pyridine rings is 1. The third kappa shape index (κ3) is 2.04. The van der Waals surface area contributed by atoms with Crippen molar-refractivity contribution in [1.29, 1.82) is 0 Å². The van der Waals surface area contributed by atoms with Crippen molar-refractivity contribution in [2.24, 2.45) is 5.73 Å². The van der Waals surface area contributed by atoms with Gasteiger partial charge in [-0.1, -0.05) is 0 Å². The highest BCUT2D eigenvalue weighted by atomic mass is 15.1. The van der Waals surface area contributed by atoms with Crippen molar-refractivity contribution in [3.8, 4) is 0 Å². The molecule has 0 aromatic carbocycles. The molecule has 0 radical (unpaired) electrons. The topological polar surface area (TPSA) is 42.1 Å². The second-order valence-electron chi connectivity index (χ2n) is 3.76. The summed E-state index contributed by atoms with van der Waals surface area (Å²) in [7, 11) is 0. The minimum absolute atomic E-state index is 0.529. The van der Waals surface area contributed by atoms with Crippen LogP contribution >= 0.6 is 0 Å². The standard InChI is InChI=1S/C11H17N3/c12-9-10-8-11(4-5-13-10)14-6-2-1-3-7-14/h4-5,8H,1-3,6-7,9,12H2. The first kappa shape index (κ1) is 9.46. The number of hydrogen-bond acceptors (Lipinski definition) is 3. The van der Waals surface area contributed by atoms with E-state index in [1.165, 1.54) is 38.0 Å². The zero-order valence-electron chi connectivity index (χ0n) is 8.45. The van der Waals surface area contributed by atoms with Gasteiger partial charge in [0.2, 0.25) is 0 Å². The molecule has 2 rings (SSSR count). The lowest BCUT2D eigenvalue weighted by Crippen LogP contribution is -2.29. The number of aromatic nitrogens is 1. The maximum atomic E-state index is 5.57. The fourth-order valence-electron chi connectivity index (χ4n) is 1.93. The molecule has 0 spiro atoms. The first-order chi connectivity index (χ1) is 6.90. The van der Waals surface area contributed by atoms with E-state index in [0.29, 0.717) is 6.54 Å². The predicted molar refractivity (Wildman–Crippen MR) is 58.2 cm³/mol. The van der Waals surface area contributed by atoms with Crippen molar-refractivity contribution in [2.75, 3.05) is 18.0 Å². The molecule has 1 aromatic heterocycles. The molecule has 0 bridgehead atoms. The highest BCUT2D eigenvalue weighted by Gasteiger charge is 2.10. The molecule has 0 unspecified atom stereocenters. The number of rotatable bonds is 2. The highest BCUT2D eigenvalue weighted by molar-refractivity contribution is 5.46. The summed E-state index contributed by atoms with van der Waals surface area (Å²) in [6.45, 7) is 2.88. The van der Waals surface area contributed by atoms with Gasteiger partial charge in [0.25, 0.3) is 0 Å². The predicted octanol–water partition coefficient (Wildman–Crippen LogP) is 1.53. The lowest BCUT2D eigenvalue weighted by molar-refractivity contribution is 0.577. The van der Waals surface area contributed by atoms with E-state index >= 15 is 0 Å². The Balaban J connectivity index is 2.13. The van der Waals surface area contributed by atoms with Gasteiger partial charge >= 0.3 is 0 Å². The molecule has 76 valence electrons. The SMILES string of the molecule is NCc1cc(N2CCCCC2)ccn1. The Morgan fingerprint density at radius 2 is 2.07 bits per heavy atom. The molecule has 14 heavy (non-hydrogen) atoms. The molecule has 0 atom stereocenters. The van der Waals surface area contributed by atoms with E-state index < -0.39 is 0 Å². The minimum Gasteiger partial charge on any atom is -0.371 e. The van der Waals surface area contributed by atoms with Crippen LogP contribution in [0.25, 0.3) is 0 Å². The Morgan fingerprint density at radius 1 is 1.29 bits per heavy atom. The molecule has 1 aliphatic heterocycles. The number of anilines is 1. The summed E-state index contributed by atoms with van der Waals surface area (Å²) in [6.07, 6.45) is 5.83. The van der Waals surface area contributed by atoms with Gasteiger partial charge in [-0.3, -0.25) is 4.98 Å². The highest BCUT2D eigenvalue weighted by Crippen LogP contribution is 2.19. The maximum Gasteiger partial charge on any atom is 0.0560 e. The normalized spacial score (nSPS) is 17.1. The lowest BCUT2D eigenvalue weighted by Gasteiger charge is -2.28. The molecule has 1 saturated heterocycles. The van der Waals surface area contributed by atoms with Crippen molar-refractivity contribution in [2.45, 2.75) is 25.8 Å². The van der Waals surface area contributed by atoms with Gasteiger partial charge in [-0.05, 0) is 31.4 Å². The Bertz CT molecular complexity index is 292. The van der Waals surface area contributed by atoms with Crippen molar-refractivity contribution in [3.05, 3.63) is 24.0 Å². The van der Waals surface area contributed by atoms with Gasteiger partial charge in [0, 0.05) is 31.5 Å². The molecular weight excluding hydrogens is 174 g/mol. The molecule has 3 nitrogen and oxygen atoms in total. The number of piperidine rings is 1. The van der Waals surface area contributed by atoms with E-state index in [1.54, 1.807) is 0 Å². The third-order valence-electron chi connectivity index (χ3n) is 2.73. The third-order valence-corrected chi connectivity index (χ3v) is 2.73. The summed E-state index contributed by atoms with van der Waals surface area (Å²) in [5, 5.41) is 0. The first-order valence-corrected chi connectivity index (χ1v) is 5.30. The van der Waals surface area contributed by atoms with E-state index in [4.69, 9.17) is 5.73 Å². The molecule has 0 aliphatic carbocycles. The van der Waals surface area contributed by atoms with Crippen LogP contribution in [0.3, 0.4) is 0 Å². The van der Waals surface area contributed by atoms with Crippen LogP contribution in [0.15, 0.2) is 18.3 Å². The molecule has 1 aromatic rings. The molecule has 3 heteroatoms.